The maximum atomic E-state index is 12.2. The third-order valence-electron chi connectivity index (χ3n) is 3.53. The number of rotatable bonds is 2. The first-order valence-electron chi connectivity index (χ1n) is 6.76. The van der Waals surface area contributed by atoms with Crippen LogP contribution in [0.2, 0.25) is 0 Å². The first-order chi connectivity index (χ1) is 9.74. The molecule has 0 atom stereocenters. The molecule has 0 spiro atoms. The van der Waals surface area contributed by atoms with Crippen molar-refractivity contribution in [1.82, 2.24) is 10.1 Å². The molecule has 5 nitrogen and oxygen atoms in total. The molecular weight excluding hydrogens is 254 g/mol. The molecule has 5 heteroatoms. The normalized spacial score (nSPS) is 15.4. The van der Waals surface area contributed by atoms with Crippen LogP contribution in [0.5, 0.6) is 0 Å². The van der Waals surface area contributed by atoms with Crippen LogP contribution in [-0.4, -0.2) is 42.1 Å². The molecule has 2 heterocycles. The van der Waals surface area contributed by atoms with Crippen molar-refractivity contribution in [2.45, 2.75) is 6.92 Å². The molecule has 3 rings (SSSR count). The lowest BCUT2D eigenvalue weighted by atomic mass is 10.2. The van der Waals surface area contributed by atoms with Gasteiger partial charge in [-0.15, -0.1) is 0 Å². The molecule has 0 N–H and O–H groups in total. The van der Waals surface area contributed by atoms with Gasteiger partial charge in [0.15, 0.2) is 0 Å². The van der Waals surface area contributed by atoms with Crippen molar-refractivity contribution in [2.75, 3.05) is 31.1 Å². The van der Waals surface area contributed by atoms with E-state index in [0.717, 1.165) is 18.8 Å². The van der Waals surface area contributed by atoms with Crippen molar-refractivity contribution in [3.8, 4) is 0 Å². The molecule has 0 unspecified atom stereocenters. The molecule has 1 aliphatic rings. The summed E-state index contributed by atoms with van der Waals surface area (Å²) in [5.41, 5.74) is 1.94. The first kappa shape index (κ1) is 12.7. The molecule has 20 heavy (non-hydrogen) atoms. The second kappa shape index (κ2) is 5.36. The summed E-state index contributed by atoms with van der Waals surface area (Å²) in [6, 6.07) is 11.9. The number of para-hydroxylation sites is 1. The second-order valence-corrected chi connectivity index (χ2v) is 4.95. The lowest BCUT2D eigenvalue weighted by Crippen LogP contribution is -2.48. The Hall–Kier alpha value is -2.30. The van der Waals surface area contributed by atoms with Crippen LogP contribution in [0.25, 0.3) is 0 Å². The van der Waals surface area contributed by atoms with Crippen molar-refractivity contribution < 1.29 is 9.32 Å². The van der Waals surface area contributed by atoms with Crippen LogP contribution in [0.15, 0.2) is 40.9 Å². The third kappa shape index (κ3) is 2.52. The van der Waals surface area contributed by atoms with Gasteiger partial charge >= 0.3 is 0 Å². The maximum Gasteiger partial charge on any atom is 0.292 e. The molecule has 0 saturated carbocycles. The minimum Gasteiger partial charge on any atom is -0.368 e. The predicted molar refractivity (Wildman–Crippen MR) is 75.8 cm³/mol. The predicted octanol–water partition coefficient (Wildman–Crippen LogP) is 1.95. The highest BCUT2D eigenvalue weighted by molar-refractivity contribution is 5.91. The van der Waals surface area contributed by atoms with Gasteiger partial charge in [-0.3, -0.25) is 4.79 Å². The van der Waals surface area contributed by atoms with Crippen molar-refractivity contribution in [3.05, 3.63) is 47.9 Å². The fourth-order valence-corrected chi connectivity index (χ4v) is 2.43. The molecule has 0 bridgehead atoms. The van der Waals surface area contributed by atoms with Gasteiger partial charge in [-0.1, -0.05) is 23.4 Å². The van der Waals surface area contributed by atoms with E-state index in [9.17, 15) is 4.79 Å². The molecule has 1 aliphatic heterocycles. The van der Waals surface area contributed by atoms with Gasteiger partial charge in [0.1, 0.15) is 0 Å². The standard InChI is InChI=1S/C15H17N3O2/c1-12-11-14(20-16-12)15(19)18-9-7-17(8-10-18)13-5-3-2-4-6-13/h2-6,11H,7-10H2,1H3. The van der Waals surface area contributed by atoms with Gasteiger partial charge in [-0.25, -0.2) is 0 Å². The number of aryl methyl sites for hydroxylation is 1. The van der Waals surface area contributed by atoms with Crippen molar-refractivity contribution in [3.63, 3.8) is 0 Å². The highest BCUT2D eigenvalue weighted by Gasteiger charge is 2.24. The smallest absolute Gasteiger partial charge is 0.292 e. The molecule has 1 amide bonds. The Bertz CT molecular complexity index is 586. The van der Waals surface area contributed by atoms with Crippen LogP contribution < -0.4 is 4.90 Å². The summed E-state index contributed by atoms with van der Waals surface area (Å²) in [5, 5.41) is 3.76. The van der Waals surface area contributed by atoms with Crippen LogP contribution >= 0.6 is 0 Å². The van der Waals surface area contributed by atoms with Gasteiger partial charge in [0.25, 0.3) is 5.91 Å². The first-order valence-corrected chi connectivity index (χ1v) is 6.76. The van der Waals surface area contributed by atoms with E-state index in [1.54, 1.807) is 6.07 Å². The van der Waals surface area contributed by atoms with E-state index in [2.05, 4.69) is 22.2 Å². The Morgan fingerprint density at radius 1 is 1.15 bits per heavy atom. The van der Waals surface area contributed by atoms with E-state index in [1.807, 2.05) is 30.0 Å². The highest BCUT2D eigenvalue weighted by atomic mass is 16.5. The number of piperazine rings is 1. The summed E-state index contributed by atoms with van der Waals surface area (Å²) in [5.74, 6) is 0.258. The van der Waals surface area contributed by atoms with Crippen molar-refractivity contribution >= 4 is 11.6 Å². The highest BCUT2D eigenvalue weighted by Crippen LogP contribution is 2.17. The summed E-state index contributed by atoms with van der Waals surface area (Å²) in [7, 11) is 0. The number of hydrogen-bond acceptors (Lipinski definition) is 4. The number of hydrogen-bond donors (Lipinski definition) is 0. The minimum atomic E-state index is -0.0710. The van der Waals surface area contributed by atoms with E-state index in [4.69, 9.17) is 4.52 Å². The fraction of sp³-hybridized carbons (Fsp3) is 0.333. The SMILES string of the molecule is Cc1cc(C(=O)N2CCN(c3ccccc3)CC2)on1. The number of nitrogens with zero attached hydrogens (tertiary/aromatic N) is 3. The zero-order valence-corrected chi connectivity index (χ0v) is 11.5. The quantitative estimate of drug-likeness (QED) is 0.837. The topological polar surface area (TPSA) is 49.6 Å². The number of amides is 1. The van der Waals surface area contributed by atoms with Gasteiger partial charge in [0.2, 0.25) is 5.76 Å². The van der Waals surface area contributed by atoms with Crippen LogP contribution in [0.1, 0.15) is 16.2 Å². The summed E-state index contributed by atoms with van der Waals surface area (Å²) in [6.07, 6.45) is 0. The van der Waals surface area contributed by atoms with Crippen molar-refractivity contribution in [2.24, 2.45) is 0 Å². The molecule has 0 radical (unpaired) electrons. The van der Waals surface area contributed by atoms with Crippen LogP contribution in [0.4, 0.5) is 5.69 Å². The largest absolute Gasteiger partial charge is 0.368 e. The molecule has 1 fully saturated rings. The number of carbonyl (C=O) groups excluding carboxylic acids is 1. The summed E-state index contributed by atoms with van der Waals surface area (Å²) < 4.78 is 5.04. The van der Waals surface area contributed by atoms with Gasteiger partial charge in [0.05, 0.1) is 5.69 Å². The monoisotopic (exact) mass is 271 g/mol. The summed E-state index contributed by atoms with van der Waals surface area (Å²) in [4.78, 5) is 16.3. The Morgan fingerprint density at radius 2 is 1.85 bits per heavy atom. The number of anilines is 1. The van der Waals surface area contributed by atoms with E-state index in [-0.39, 0.29) is 5.91 Å². The molecule has 0 aliphatic carbocycles. The second-order valence-electron chi connectivity index (χ2n) is 4.95. The Labute approximate surface area is 117 Å². The maximum absolute atomic E-state index is 12.2. The lowest BCUT2D eigenvalue weighted by Gasteiger charge is -2.35. The molecule has 1 aromatic carbocycles. The fourth-order valence-electron chi connectivity index (χ4n) is 2.43. The van der Waals surface area contributed by atoms with Crippen LogP contribution in [0, 0.1) is 6.92 Å². The molecule has 1 aromatic heterocycles. The number of benzene rings is 1. The van der Waals surface area contributed by atoms with Gasteiger partial charge < -0.3 is 14.3 Å². The average molecular weight is 271 g/mol. The summed E-state index contributed by atoms with van der Waals surface area (Å²) in [6.45, 7) is 4.89. The van der Waals surface area contributed by atoms with E-state index >= 15 is 0 Å². The molecule has 1 saturated heterocycles. The lowest BCUT2D eigenvalue weighted by molar-refractivity contribution is 0.0705. The number of carbonyl (C=O) groups is 1. The molecule has 2 aromatic rings. The summed E-state index contributed by atoms with van der Waals surface area (Å²) >= 11 is 0. The Balaban J connectivity index is 1.63. The third-order valence-corrected chi connectivity index (χ3v) is 3.53. The van der Waals surface area contributed by atoms with Crippen molar-refractivity contribution in [1.29, 1.82) is 0 Å². The molecule has 104 valence electrons. The molecular formula is C15H17N3O2. The van der Waals surface area contributed by atoms with E-state index in [0.29, 0.717) is 18.8 Å². The van der Waals surface area contributed by atoms with Crippen LogP contribution in [0.3, 0.4) is 0 Å². The van der Waals surface area contributed by atoms with Crippen LogP contribution in [-0.2, 0) is 0 Å². The van der Waals surface area contributed by atoms with Gasteiger partial charge in [-0.05, 0) is 19.1 Å². The van der Waals surface area contributed by atoms with E-state index in [1.165, 1.54) is 5.69 Å². The Morgan fingerprint density at radius 3 is 2.45 bits per heavy atom. The number of aromatic nitrogens is 1. The van der Waals surface area contributed by atoms with Gasteiger partial charge in [0, 0.05) is 37.9 Å². The minimum absolute atomic E-state index is 0.0710. The van der Waals surface area contributed by atoms with Gasteiger partial charge in [-0.2, -0.15) is 0 Å². The zero-order valence-electron chi connectivity index (χ0n) is 11.5. The average Bonchev–Trinajstić information content (AvgIpc) is 2.94. The van der Waals surface area contributed by atoms with E-state index < -0.39 is 0 Å². The zero-order chi connectivity index (χ0) is 13.9. The Kier molecular flexibility index (Phi) is 3.41.